The lowest BCUT2D eigenvalue weighted by atomic mass is 10.1. The number of rotatable bonds is 6. The van der Waals surface area contributed by atoms with E-state index >= 15 is 0 Å². The van der Waals surface area contributed by atoms with Gasteiger partial charge in [0, 0.05) is 49.7 Å². The molecule has 3 aromatic rings. The Balaban J connectivity index is 1.19. The molecule has 2 aliphatic rings. The van der Waals surface area contributed by atoms with Gasteiger partial charge in [0.05, 0.1) is 12.1 Å². The maximum Gasteiger partial charge on any atom is 0.257 e. The van der Waals surface area contributed by atoms with Gasteiger partial charge in [0.1, 0.15) is 24.0 Å². The van der Waals surface area contributed by atoms with E-state index in [2.05, 4.69) is 19.7 Å². The van der Waals surface area contributed by atoms with E-state index in [1.165, 1.54) is 19.3 Å². The Morgan fingerprint density at radius 2 is 1.71 bits per heavy atom. The third-order valence-electron chi connectivity index (χ3n) is 6.67. The predicted molar refractivity (Wildman–Crippen MR) is 131 cm³/mol. The normalized spacial score (nSPS) is 16.7. The number of ether oxygens (including phenoxy) is 1. The van der Waals surface area contributed by atoms with Crippen LogP contribution in [0.5, 0.6) is 5.75 Å². The number of piperazine rings is 1. The summed E-state index contributed by atoms with van der Waals surface area (Å²) in [5.41, 5.74) is 1.48. The van der Waals surface area contributed by atoms with Crippen LogP contribution < -0.4 is 4.74 Å². The number of fused-ring (bicyclic) bond motifs is 1. The predicted octanol–water partition coefficient (Wildman–Crippen LogP) is 4.19. The summed E-state index contributed by atoms with van der Waals surface area (Å²) in [4.78, 5) is 17.6. The number of nitrogens with zero attached hydrogens (tertiary/aromatic N) is 5. The molecule has 0 aliphatic carbocycles. The van der Waals surface area contributed by atoms with Crippen LogP contribution in [0.1, 0.15) is 46.8 Å². The SMILES string of the molecule is O=C(c1ccccc1OCc1ccccc1Cl)N1CCN(Cc2nnc3n2CCCCC3)CC1. The van der Waals surface area contributed by atoms with Crippen molar-refractivity contribution in [2.75, 3.05) is 26.2 Å². The van der Waals surface area contributed by atoms with E-state index in [1.54, 1.807) is 0 Å². The van der Waals surface area contributed by atoms with E-state index in [1.807, 2.05) is 53.4 Å². The number of carbonyl (C=O) groups is 1. The maximum atomic E-state index is 13.3. The number of halogens is 1. The van der Waals surface area contributed by atoms with Crippen LogP contribution in [0.4, 0.5) is 0 Å². The van der Waals surface area contributed by atoms with Crippen molar-refractivity contribution >= 4 is 17.5 Å². The molecule has 0 unspecified atom stereocenters. The number of amides is 1. The molecule has 1 amide bonds. The molecule has 0 bridgehead atoms. The number of carbonyl (C=O) groups excluding carboxylic acids is 1. The van der Waals surface area contributed by atoms with Gasteiger partial charge in [-0.2, -0.15) is 0 Å². The fourth-order valence-corrected chi connectivity index (χ4v) is 4.87. The molecule has 34 heavy (non-hydrogen) atoms. The number of hydrogen-bond acceptors (Lipinski definition) is 5. The second kappa shape index (κ2) is 10.6. The second-order valence-electron chi connectivity index (χ2n) is 8.94. The van der Waals surface area contributed by atoms with Gasteiger partial charge in [-0.15, -0.1) is 10.2 Å². The summed E-state index contributed by atoms with van der Waals surface area (Å²) in [5, 5.41) is 9.54. The molecule has 0 N–H and O–H groups in total. The number of aryl methyl sites for hydroxylation is 1. The Hall–Kier alpha value is -2.90. The number of hydrogen-bond donors (Lipinski definition) is 0. The molecule has 1 fully saturated rings. The van der Waals surface area contributed by atoms with Crippen LogP contribution >= 0.6 is 11.6 Å². The number of benzene rings is 2. The van der Waals surface area contributed by atoms with Crippen LogP contribution in [0.25, 0.3) is 0 Å². The standard InChI is InChI=1S/C26H30ClN5O2/c27-22-10-5-3-8-20(22)19-34-23-11-6-4-9-21(23)26(33)31-16-14-30(15-17-31)18-25-29-28-24-12-2-1-7-13-32(24)25/h3-6,8-11H,1-2,7,12-19H2. The zero-order valence-corrected chi connectivity index (χ0v) is 20.1. The highest BCUT2D eigenvalue weighted by molar-refractivity contribution is 6.31. The Bertz CT molecular complexity index is 1140. The minimum atomic E-state index is 0.00533. The molecule has 0 atom stereocenters. The highest BCUT2D eigenvalue weighted by atomic mass is 35.5. The smallest absolute Gasteiger partial charge is 0.257 e. The lowest BCUT2D eigenvalue weighted by Gasteiger charge is -2.34. The summed E-state index contributed by atoms with van der Waals surface area (Å²) in [6.07, 6.45) is 4.67. The van der Waals surface area contributed by atoms with Crippen molar-refractivity contribution in [3.8, 4) is 5.75 Å². The van der Waals surface area contributed by atoms with Crippen molar-refractivity contribution in [1.29, 1.82) is 0 Å². The molecule has 7 nitrogen and oxygen atoms in total. The van der Waals surface area contributed by atoms with E-state index in [0.717, 1.165) is 49.8 Å². The van der Waals surface area contributed by atoms with Crippen molar-refractivity contribution < 1.29 is 9.53 Å². The van der Waals surface area contributed by atoms with Gasteiger partial charge in [-0.1, -0.05) is 48.4 Å². The lowest BCUT2D eigenvalue weighted by Crippen LogP contribution is -2.48. The molecule has 8 heteroatoms. The lowest BCUT2D eigenvalue weighted by molar-refractivity contribution is 0.0619. The Morgan fingerprint density at radius 3 is 2.56 bits per heavy atom. The molecule has 1 saturated heterocycles. The minimum Gasteiger partial charge on any atom is -0.488 e. The molecule has 2 aromatic carbocycles. The summed E-state index contributed by atoms with van der Waals surface area (Å²) in [6.45, 7) is 5.11. The van der Waals surface area contributed by atoms with Gasteiger partial charge < -0.3 is 14.2 Å². The first-order chi connectivity index (χ1) is 16.7. The van der Waals surface area contributed by atoms with Crippen molar-refractivity contribution in [1.82, 2.24) is 24.6 Å². The maximum absolute atomic E-state index is 13.3. The summed E-state index contributed by atoms with van der Waals surface area (Å²) < 4.78 is 8.31. The average Bonchev–Trinajstić information content (AvgIpc) is 3.09. The number of para-hydroxylation sites is 1. The van der Waals surface area contributed by atoms with E-state index < -0.39 is 0 Å². The van der Waals surface area contributed by atoms with E-state index in [4.69, 9.17) is 16.3 Å². The fraction of sp³-hybridized carbons (Fsp3) is 0.423. The van der Waals surface area contributed by atoms with Crippen LogP contribution in [0.15, 0.2) is 48.5 Å². The Morgan fingerprint density at radius 1 is 0.912 bits per heavy atom. The van der Waals surface area contributed by atoms with Crippen molar-refractivity contribution in [3.05, 3.63) is 76.3 Å². The molecule has 0 spiro atoms. The van der Waals surface area contributed by atoms with E-state index in [0.29, 0.717) is 36.0 Å². The van der Waals surface area contributed by atoms with Crippen molar-refractivity contribution in [3.63, 3.8) is 0 Å². The highest BCUT2D eigenvalue weighted by Gasteiger charge is 2.26. The van der Waals surface area contributed by atoms with Gasteiger partial charge in [0.25, 0.3) is 5.91 Å². The van der Waals surface area contributed by atoms with Gasteiger partial charge >= 0.3 is 0 Å². The molecular formula is C26H30ClN5O2. The van der Waals surface area contributed by atoms with E-state index in [9.17, 15) is 4.79 Å². The molecule has 5 rings (SSSR count). The fourth-order valence-electron chi connectivity index (χ4n) is 4.68. The van der Waals surface area contributed by atoms with Crippen LogP contribution in [0.2, 0.25) is 5.02 Å². The van der Waals surface area contributed by atoms with Gasteiger partial charge in [0.15, 0.2) is 0 Å². The summed E-state index contributed by atoms with van der Waals surface area (Å²) in [7, 11) is 0. The minimum absolute atomic E-state index is 0.00533. The second-order valence-corrected chi connectivity index (χ2v) is 9.35. The first-order valence-corrected chi connectivity index (χ1v) is 12.4. The summed E-state index contributed by atoms with van der Waals surface area (Å²) in [5.74, 6) is 2.76. The first-order valence-electron chi connectivity index (χ1n) is 12.1. The molecule has 1 aromatic heterocycles. The molecule has 3 heterocycles. The topological polar surface area (TPSA) is 63.5 Å². The van der Waals surface area contributed by atoms with Gasteiger partial charge in [-0.3, -0.25) is 9.69 Å². The zero-order valence-electron chi connectivity index (χ0n) is 19.3. The Labute approximate surface area is 205 Å². The van der Waals surface area contributed by atoms with Gasteiger partial charge in [0.2, 0.25) is 0 Å². The summed E-state index contributed by atoms with van der Waals surface area (Å²) >= 11 is 6.26. The largest absolute Gasteiger partial charge is 0.488 e. The monoisotopic (exact) mass is 479 g/mol. The molecule has 0 radical (unpaired) electrons. The van der Waals surface area contributed by atoms with Crippen molar-refractivity contribution in [2.45, 2.75) is 45.4 Å². The molecule has 0 saturated carbocycles. The van der Waals surface area contributed by atoms with E-state index in [-0.39, 0.29) is 5.91 Å². The third-order valence-corrected chi connectivity index (χ3v) is 7.04. The van der Waals surface area contributed by atoms with Crippen LogP contribution in [-0.4, -0.2) is 56.7 Å². The van der Waals surface area contributed by atoms with Crippen molar-refractivity contribution in [2.24, 2.45) is 0 Å². The third kappa shape index (κ3) is 5.10. The quantitative estimate of drug-likeness (QED) is 0.530. The van der Waals surface area contributed by atoms with Crippen LogP contribution in [0.3, 0.4) is 0 Å². The zero-order chi connectivity index (χ0) is 23.3. The average molecular weight is 480 g/mol. The number of aromatic nitrogens is 3. The van der Waals surface area contributed by atoms with Crippen LogP contribution in [-0.2, 0) is 26.1 Å². The molecule has 178 valence electrons. The van der Waals surface area contributed by atoms with Gasteiger partial charge in [-0.25, -0.2) is 0 Å². The van der Waals surface area contributed by atoms with Gasteiger partial charge in [-0.05, 0) is 31.0 Å². The van der Waals surface area contributed by atoms with Crippen LogP contribution in [0, 0.1) is 0 Å². The molecule has 2 aliphatic heterocycles. The first kappa shape index (κ1) is 22.9. The highest BCUT2D eigenvalue weighted by Crippen LogP contribution is 2.24. The summed E-state index contributed by atoms with van der Waals surface area (Å²) in [6, 6.07) is 15.0. The Kier molecular flexibility index (Phi) is 7.11. The molecular weight excluding hydrogens is 450 g/mol.